The third-order valence-electron chi connectivity index (χ3n) is 13.6. The van der Waals surface area contributed by atoms with E-state index in [1.807, 2.05) is 13.0 Å². The quantitative estimate of drug-likeness (QED) is 0.0490. The number of anilines is 1. The number of carbonyl (C=O) groups excluding carboxylic acids is 6. The van der Waals surface area contributed by atoms with Gasteiger partial charge < -0.3 is 38.8 Å². The van der Waals surface area contributed by atoms with E-state index in [2.05, 4.69) is 30.4 Å². The minimum absolute atomic E-state index is 0.0548. The van der Waals surface area contributed by atoms with Gasteiger partial charge in [0.05, 0.1) is 61.9 Å². The van der Waals surface area contributed by atoms with Gasteiger partial charge in [-0.05, 0) is 118 Å². The van der Waals surface area contributed by atoms with Gasteiger partial charge in [-0.15, -0.1) is 6.42 Å². The van der Waals surface area contributed by atoms with E-state index < -0.39 is 23.5 Å². The van der Waals surface area contributed by atoms with Crippen molar-refractivity contribution in [3.05, 3.63) is 76.9 Å². The van der Waals surface area contributed by atoms with Crippen molar-refractivity contribution in [2.24, 2.45) is 22.7 Å². The van der Waals surface area contributed by atoms with Crippen molar-refractivity contribution < 1.29 is 62.3 Å². The van der Waals surface area contributed by atoms with Gasteiger partial charge in [-0.2, -0.15) is 0 Å². The molecular weight excluding hydrogens is 825 g/mol. The Morgan fingerprint density at radius 1 is 0.828 bits per heavy atom. The van der Waals surface area contributed by atoms with Crippen LogP contribution in [-0.2, 0) is 47.6 Å². The van der Waals surface area contributed by atoms with E-state index in [0.717, 1.165) is 25.7 Å². The predicted molar refractivity (Wildman–Crippen MR) is 233 cm³/mol. The minimum Gasteiger partial charge on any atom is -0.465 e. The summed E-state index contributed by atoms with van der Waals surface area (Å²) < 4.78 is 33.1. The van der Waals surface area contributed by atoms with Crippen LogP contribution in [0.15, 0.2) is 60.2 Å². The number of unbranched alkanes of at least 4 members (excludes halogenated alkanes) is 2. The summed E-state index contributed by atoms with van der Waals surface area (Å²) in [5.74, 6) is 0.235. The number of terminal acetylenes is 1. The highest BCUT2D eigenvalue weighted by Gasteiger charge is 2.65. The van der Waals surface area contributed by atoms with Gasteiger partial charge in [0.25, 0.3) is 0 Å². The van der Waals surface area contributed by atoms with Gasteiger partial charge >= 0.3 is 23.9 Å². The first-order valence-corrected chi connectivity index (χ1v) is 22.1. The number of amides is 1. The molecule has 7 atom stereocenters. The molecule has 3 N–H and O–H groups in total. The van der Waals surface area contributed by atoms with E-state index in [9.17, 15) is 33.9 Å². The highest BCUT2D eigenvalue weighted by atomic mass is 16.6. The monoisotopic (exact) mass is 884 g/mol. The summed E-state index contributed by atoms with van der Waals surface area (Å²) in [5.41, 5.74) is 0.940. The standard InChI is InChI=1S/C49H60N2O13/c1-5-23-59-26-27-60-43(55)30-50-29-41(53)51-35-16-14-33(15-17-35)44(56)32-10-12-34(13-11-32)45(57)61-24-8-6-7-9-42(54)63-31-48(3)38-18-22-49(4)39(47(38,2)21-19-40(48)52)28-37(64-49)36-20-25-62-46(36)58/h1,10-17,20,37-40,50,52H,6-9,18-19,21-31H2,2-4H3,(H,51,53)/t37?,38?,39?,40-,47-,48+,49?/m1/s1. The van der Waals surface area contributed by atoms with E-state index in [-0.39, 0.29) is 112 Å². The summed E-state index contributed by atoms with van der Waals surface area (Å²) in [7, 11) is 0. The number of hydrogen-bond donors (Lipinski definition) is 3. The van der Waals surface area contributed by atoms with Crippen molar-refractivity contribution in [3.63, 3.8) is 0 Å². The zero-order valence-corrected chi connectivity index (χ0v) is 36.9. The fourth-order valence-corrected chi connectivity index (χ4v) is 10.2. The molecule has 15 heteroatoms. The Balaban J connectivity index is 0.863. The highest BCUT2D eigenvalue weighted by molar-refractivity contribution is 6.09. The van der Waals surface area contributed by atoms with E-state index in [1.54, 1.807) is 36.4 Å². The Bertz CT molecular complexity index is 2100. The zero-order valence-electron chi connectivity index (χ0n) is 36.9. The molecule has 1 saturated heterocycles. The Morgan fingerprint density at radius 3 is 2.25 bits per heavy atom. The van der Waals surface area contributed by atoms with Crippen LogP contribution in [-0.4, -0.2) is 111 Å². The molecule has 1 amide bonds. The smallest absolute Gasteiger partial charge is 0.338 e. The number of nitrogens with one attached hydrogen (secondary N) is 2. The Morgan fingerprint density at radius 2 is 1.55 bits per heavy atom. The zero-order chi connectivity index (χ0) is 45.9. The molecule has 64 heavy (non-hydrogen) atoms. The maximum atomic E-state index is 13.1. The van der Waals surface area contributed by atoms with E-state index in [1.165, 1.54) is 12.1 Å². The van der Waals surface area contributed by atoms with Crippen LogP contribution in [0.1, 0.15) is 105 Å². The van der Waals surface area contributed by atoms with Crippen molar-refractivity contribution in [1.82, 2.24) is 5.32 Å². The lowest BCUT2D eigenvalue weighted by atomic mass is 9.44. The van der Waals surface area contributed by atoms with Crippen molar-refractivity contribution in [3.8, 4) is 12.3 Å². The van der Waals surface area contributed by atoms with Crippen molar-refractivity contribution >= 4 is 41.3 Å². The number of benzene rings is 2. The molecule has 0 aromatic heterocycles. The molecular formula is C49H60N2O13. The summed E-state index contributed by atoms with van der Waals surface area (Å²) in [6.07, 6.45) is 11.7. The van der Waals surface area contributed by atoms with Crippen LogP contribution in [0.3, 0.4) is 0 Å². The first kappa shape index (κ1) is 48.1. The molecule has 0 bridgehead atoms. The van der Waals surface area contributed by atoms with Crippen LogP contribution in [0.4, 0.5) is 5.69 Å². The number of esters is 4. The number of fused-ring (bicyclic) bond motifs is 3. The molecule has 4 unspecified atom stereocenters. The summed E-state index contributed by atoms with van der Waals surface area (Å²) in [5, 5.41) is 16.7. The van der Waals surface area contributed by atoms with Crippen molar-refractivity contribution in [2.75, 3.05) is 58.0 Å². The first-order chi connectivity index (χ1) is 30.7. The molecule has 2 saturated carbocycles. The first-order valence-electron chi connectivity index (χ1n) is 22.1. The number of ether oxygens (including phenoxy) is 6. The van der Waals surface area contributed by atoms with Crippen LogP contribution in [0, 0.1) is 35.0 Å². The van der Waals surface area contributed by atoms with Gasteiger partial charge in [-0.3, -0.25) is 24.5 Å². The molecule has 2 aromatic rings. The number of aliphatic hydroxyl groups is 1. The summed E-state index contributed by atoms with van der Waals surface area (Å²) >= 11 is 0. The normalized spacial score (nSPS) is 26.9. The molecule has 344 valence electrons. The molecule has 2 aliphatic carbocycles. The van der Waals surface area contributed by atoms with Crippen LogP contribution in [0.25, 0.3) is 0 Å². The van der Waals surface area contributed by atoms with Crippen LogP contribution >= 0.6 is 0 Å². The summed E-state index contributed by atoms with van der Waals surface area (Å²) in [6, 6.07) is 12.5. The maximum Gasteiger partial charge on any atom is 0.338 e. The fraction of sp³-hybridized carbons (Fsp3) is 0.551. The Hall–Kier alpha value is -5.40. The molecule has 15 nitrogen and oxygen atoms in total. The Labute approximate surface area is 374 Å². The van der Waals surface area contributed by atoms with Gasteiger partial charge in [-0.25, -0.2) is 9.59 Å². The van der Waals surface area contributed by atoms with E-state index >= 15 is 0 Å². The lowest BCUT2D eigenvalue weighted by Crippen LogP contribution is -2.61. The lowest BCUT2D eigenvalue weighted by molar-refractivity contribution is -0.203. The van der Waals surface area contributed by atoms with Gasteiger partial charge in [0.15, 0.2) is 5.78 Å². The third-order valence-corrected chi connectivity index (χ3v) is 13.6. The van der Waals surface area contributed by atoms with Crippen LogP contribution < -0.4 is 10.6 Å². The van der Waals surface area contributed by atoms with Crippen molar-refractivity contribution in [2.45, 2.75) is 96.4 Å². The Kier molecular flexibility index (Phi) is 16.2. The average Bonchev–Trinajstić information content (AvgIpc) is 3.88. The van der Waals surface area contributed by atoms with E-state index in [0.29, 0.717) is 53.6 Å². The SMILES string of the molecule is C#CCOCCOC(=O)CNCC(=O)Nc1ccc(C(=O)c2ccc(C(=O)OCCCCCC(=O)OC[C@@]3(C)C4CCC5(C)OC(C6=CCOC6=O)CC5[C@]4(C)CC[C@H]3O)cc2)cc1. The lowest BCUT2D eigenvalue weighted by Gasteiger charge is -2.61. The van der Waals surface area contributed by atoms with Gasteiger partial charge in [-0.1, -0.05) is 31.9 Å². The largest absolute Gasteiger partial charge is 0.465 e. The van der Waals surface area contributed by atoms with Gasteiger partial charge in [0, 0.05) is 28.7 Å². The molecule has 6 rings (SSSR count). The number of hydrogen-bond acceptors (Lipinski definition) is 14. The minimum atomic E-state index is -0.624. The number of carbonyl (C=O) groups is 6. The number of cyclic esters (lactones) is 1. The highest BCUT2D eigenvalue weighted by Crippen LogP contribution is 2.66. The third kappa shape index (κ3) is 11.5. The molecule has 4 aliphatic rings. The van der Waals surface area contributed by atoms with E-state index in [4.69, 9.17) is 34.8 Å². The number of aliphatic hydroxyl groups excluding tert-OH is 1. The molecule has 0 radical (unpaired) electrons. The summed E-state index contributed by atoms with van der Waals surface area (Å²) in [6.45, 7) is 7.11. The second-order valence-electron chi connectivity index (χ2n) is 17.8. The second kappa shape index (κ2) is 21.5. The average molecular weight is 885 g/mol. The second-order valence-corrected chi connectivity index (χ2v) is 17.8. The molecule has 2 heterocycles. The molecule has 0 spiro atoms. The molecule has 2 aliphatic heterocycles. The number of rotatable bonds is 21. The van der Waals surface area contributed by atoms with Crippen molar-refractivity contribution in [1.29, 1.82) is 0 Å². The van der Waals surface area contributed by atoms with Gasteiger partial charge in [0.1, 0.15) is 19.8 Å². The van der Waals surface area contributed by atoms with Crippen LogP contribution in [0.5, 0.6) is 0 Å². The van der Waals surface area contributed by atoms with Gasteiger partial charge in [0.2, 0.25) is 5.91 Å². The molecule has 3 fully saturated rings. The topological polar surface area (TPSA) is 202 Å². The predicted octanol–water partition coefficient (Wildman–Crippen LogP) is 5.12. The molecule has 2 aromatic carbocycles. The summed E-state index contributed by atoms with van der Waals surface area (Å²) in [4.78, 5) is 75.1. The number of ketones is 1. The maximum absolute atomic E-state index is 13.1. The fourth-order valence-electron chi connectivity index (χ4n) is 10.2. The van der Waals surface area contributed by atoms with Crippen LogP contribution in [0.2, 0.25) is 0 Å².